The number of aromatic amines is 1. The second kappa shape index (κ2) is 6.02. The summed E-state index contributed by atoms with van der Waals surface area (Å²) in [7, 11) is 1.70. The lowest BCUT2D eigenvalue weighted by Gasteiger charge is -2.61. The number of amides is 1. The van der Waals surface area contributed by atoms with E-state index in [0.29, 0.717) is 29.8 Å². The Bertz CT molecular complexity index is 870. The second-order valence-corrected chi connectivity index (χ2v) is 9.63. The van der Waals surface area contributed by atoms with Crippen molar-refractivity contribution in [3.8, 4) is 5.75 Å². The fourth-order valence-corrected chi connectivity index (χ4v) is 6.55. The van der Waals surface area contributed by atoms with Crippen molar-refractivity contribution >= 4 is 16.8 Å². The molecule has 4 aliphatic rings. The smallest absolute Gasteiger partial charge is 0.223 e. The second-order valence-electron chi connectivity index (χ2n) is 9.63. The van der Waals surface area contributed by atoms with Crippen LogP contribution in [0.15, 0.2) is 24.4 Å². The first-order valence-electron chi connectivity index (χ1n) is 10.4. The van der Waals surface area contributed by atoms with E-state index in [9.17, 15) is 4.79 Å². The first-order valence-corrected chi connectivity index (χ1v) is 10.4. The number of nitrogens with one attached hydrogen (secondary N) is 1. The molecule has 3 unspecified atom stereocenters. The summed E-state index contributed by atoms with van der Waals surface area (Å²) in [6, 6.07) is 7.08. The number of aromatic nitrogens is 1. The molecule has 2 saturated heterocycles. The maximum Gasteiger partial charge on any atom is 0.223 e. The Morgan fingerprint density at radius 2 is 2.04 bits per heavy atom. The monoisotopic (exact) mass is 366 g/mol. The standard InChI is InChI=1S/C23H30N2O2/c1-14(20-13-24-21-5-4-18(27-3)9-19(20)21)6-22(26)25-16-7-15-8-17(25)12-23(2,10-15)11-16/h4-5,9,13-17,24H,6-8,10-12H2,1-3H3. The Kier molecular flexibility index (Phi) is 3.82. The van der Waals surface area contributed by atoms with E-state index in [4.69, 9.17) is 4.74 Å². The molecule has 144 valence electrons. The minimum atomic E-state index is 0.200. The lowest BCUT2D eigenvalue weighted by molar-refractivity contribution is -0.156. The van der Waals surface area contributed by atoms with Gasteiger partial charge in [0.05, 0.1) is 7.11 Å². The van der Waals surface area contributed by atoms with E-state index in [1.807, 2.05) is 12.1 Å². The minimum Gasteiger partial charge on any atom is -0.497 e. The van der Waals surface area contributed by atoms with Crippen molar-refractivity contribution in [3.63, 3.8) is 0 Å². The van der Waals surface area contributed by atoms with Crippen LogP contribution in [0.2, 0.25) is 0 Å². The van der Waals surface area contributed by atoms with Crippen molar-refractivity contribution in [2.24, 2.45) is 11.3 Å². The van der Waals surface area contributed by atoms with Gasteiger partial charge in [-0.3, -0.25) is 4.79 Å². The predicted octanol–water partition coefficient (Wildman–Crippen LogP) is 4.85. The zero-order valence-electron chi connectivity index (χ0n) is 16.6. The molecule has 3 heterocycles. The highest BCUT2D eigenvalue weighted by atomic mass is 16.5. The number of carbonyl (C=O) groups is 1. The summed E-state index contributed by atoms with van der Waals surface area (Å²) in [6.45, 7) is 4.63. The molecule has 4 heteroatoms. The number of fused-ring (bicyclic) bond motifs is 1. The number of carbonyl (C=O) groups excluding carboxylic acids is 1. The van der Waals surface area contributed by atoms with Gasteiger partial charge in [0.25, 0.3) is 0 Å². The van der Waals surface area contributed by atoms with Crippen LogP contribution in [0.3, 0.4) is 0 Å². The molecule has 2 aromatic rings. The first kappa shape index (κ1) is 17.2. The molecular formula is C23H30N2O2. The fraction of sp³-hybridized carbons (Fsp3) is 0.609. The third kappa shape index (κ3) is 2.76. The zero-order chi connectivity index (χ0) is 18.8. The van der Waals surface area contributed by atoms with E-state index in [1.54, 1.807) is 7.11 Å². The number of piperidine rings is 2. The van der Waals surface area contributed by atoms with Gasteiger partial charge in [-0.15, -0.1) is 0 Å². The molecule has 4 nitrogen and oxygen atoms in total. The summed E-state index contributed by atoms with van der Waals surface area (Å²) in [5.41, 5.74) is 2.81. The molecule has 1 aromatic carbocycles. The van der Waals surface area contributed by atoms with Crippen LogP contribution in [0, 0.1) is 11.3 Å². The molecule has 1 amide bonds. The molecule has 0 radical (unpaired) electrons. The van der Waals surface area contributed by atoms with Crippen molar-refractivity contribution in [2.75, 3.05) is 7.11 Å². The van der Waals surface area contributed by atoms with Gasteiger partial charge < -0.3 is 14.6 Å². The zero-order valence-corrected chi connectivity index (χ0v) is 16.6. The van der Waals surface area contributed by atoms with Crippen LogP contribution < -0.4 is 4.74 Å². The summed E-state index contributed by atoms with van der Waals surface area (Å²) >= 11 is 0. The number of methoxy groups -OCH3 is 1. The van der Waals surface area contributed by atoms with E-state index in [2.05, 4.69) is 36.0 Å². The Balaban J connectivity index is 1.36. The van der Waals surface area contributed by atoms with E-state index in [0.717, 1.165) is 17.2 Å². The van der Waals surface area contributed by atoms with Crippen LogP contribution in [0.1, 0.15) is 63.9 Å². The van der Waals surface area contributed by atoms with Gasteiger partial charge in [0.1, 0.15) is 5.75 Å². The molecule has 0 spiro atoms. The number of nitrogens with zero attached hydrogens (tertiary/aromatic N) is 1. The molecule has 6 rings (SSSR count). The van der Waals surface area contributed by atoms with Crippen LogP contribution >= 0.6 is 0 Å². The quantitative estimate of drug-likeness (QED) is 0.841. The van der Waals surface area contributed by atoms with Crippen LogP contribution in [0.4, 0.5) is 0 Å². The van der Waals surface area contributed by atoms with Crippen LogP contribution in [-0.4, -0.2) is 35.0 Å². The van der Waals surface area contributed by atoms with E-state index >= 15 is 0 Å². The highest BCUT2D eigenvalue weighted by molar-refractivity contribution is 5.86. The molecule has 1 N–H and O–H groups in total. The van der Waals surface area contributed by atoms with E-state index < -0.39 is 0 Å². The van der Waals surface area contributed by atoms with E-state index in [1.165, 1.54) is 43.1 Å². The Hall–Kier alpha value is -1.97. The molecule has 2 aliphatic heterocycles. The Labute approximate surface area is 161 Å². The number of benzene rings is 1. The lowest BCUT2D eigenvalue weighted by atomic mass is 9.56. The van der Waals surface area contributed by atoms with Gasteiger partial charge in [-0.1, -0.05) is 13.8 Å². The van der Waals surface area contributed by atoms with Gasteiger partial charge in [-0.25, -0.2) is 0 Å². The molecule has 2 saturated carbocycles. The topological polar surface area (TPSA) is 45.3 Å². The molecule has 3 atom stereocenters. The normalized spacial score (nSPS) is 32.9. The van der Waals surface area contributed by atoms with Crippen molar-refractivity contribution in [3.05, 3.63) is 30.0 Å². The van der Waals surface area contributed by atoms with Gasteiger partial charge >= 0.3 is 0 Å². The van der Waals surface area contributed by atoms with Crippen molar-refractivity contribution in [1.82, 2.24) is 9.88 Å². The third-order valence-electron chi connectivity index (χ3n) is 7.46. The largest absolute Gasteiger partial charge is 0.497 e. The average Bonchev–Trinajstić information content (AvgIpc) is 3.02. The fourth-order valence-electron chi connectivity index (χ4n) is 6.55. The average molecular weight is 367 g/mol. The van der Waals surface area contributed by atoms with Crippen LogP contribution in [0.5, 0.6) is 5.75 Å². The highest BCUT2D eigenvalue weighted by Crippen LogP contribution is 2.56. The summed E-state index contributed by atoms with van der Waals surface area (Å²) in [6.07, 6.45) is 8.94. The maximum absolute atomic E-state index is 13.3. The number of H-pyrrole nitrogens is 1. The first-order chi connectivity index (χ1) is 13.0. The van der Waals surface area contributed by atoms with Crippen molar-refractivity contribution in [2.45, 2.75) is 70.4 Å². The summed E-state index contributed by atoms with van der Waals surface area (Å²) < 4.78 is 5.39. The van der Waals surface area contributed by atoms with Gasteiger partial charge in [0.15, 0.2) is 0 Å². The lowest BCUT2D eigenvalue weighted by Crippen LogP contribution is -2.62. The SMILES string of the molecule is COc1ccc2[nH]cc(C(C)CC(=O)N3C4CC5CC3CC(C)(C5)C4)c2c1. The molecule has 4 fully saturated rings. The summed E-state index contributed by atoms with van der Waals surface area (Å²) in [4.78, 5) is 18.9. The third-order valence-corrected chi connectivity index (χ3v) is 7.46. The van der Waals surface area contributed by atoms with Gasteiger partial charge in [0, 0.05) is 35.6 Å². The Morgan fingerprint density at radius 1 is 1.30 bits per heavy atom. The van der Waals surface area contributed by atoms with Gasteiger partial charge in [-0.05, 0) is 73.1 Å². The predicted molar refractivity (Wildman–Crippen MR) is 107 cm³/mol. The molecule has 4 bridgehead atoms. The summed E-state index contributed by atoms with van der Waals surface area (Å²) in [5, 5.41) is 1.17. The number of ether oxygens (including phenoxy) is 1. The van der Waals surface area contributed by atoms with Crippen LogP contribution in [-0.2, 0) is 4.79 Å². The maximum atomic E-state index is 13.3. The molecule has 1 aromatic heterocycles. The molecular weight excluding hydrogens is 336 g/mol. The van der Waals surface area contributed by atoms with Crippen molar-refractivity contribution < 1.29 is 9.53 Å². The number of hydrogen-bond donors (Lipinski definition) is 1. The number of hydrogen-bond acceptors (Lipinski definition) is 2. The van der Waals surface area contributed by atoms with Gasteiger partial charge in [-0.2, -0.15) is 0 Å². The number of rotatable bonds is 4. The highest BCUT2D eigenvalue weighted by Gasteiger charge is 2.53. The van der Waals surface area contributed by atoms with E-state index in [-0.39, 0.29) is 5.92 Å². The summed E-state index contributed by atoms with van der Waals surface area (Å²) in [5.74, 6) is 2.28. The Morgan fingerprint density at radius 3 is 2.70 bits per heavy atom. The minimum absolute atomic E-state index is 0.200. The van der Waals surface area contributed by atoms with Crippen LogP contribution in [0.25, 0.3) is 10.9 Å². The molecule has 27 heavy (non-hydrogen) atoms. The molecule has 2 aliphatic carbocycles. The van der Waals surface area contributed by atoms with Gasteiger partial charge in [0.2, 0.25) is 5.91 Å². The van der Waals surface area contributed by atoms with Crippen molar-refractivity contribution in [1.29, 1.82) is 0 Å².